The van der Waals surface area contributed by atoms with Gasteiger partial charge in [0, 0.05) is 19.3 Å². The molecule has 16 nitrogen and oxygen atoms in total. The van der Waals surface area contributed by atoms with E-state index in [9.17, 15) is 39.9 Å². The normalized spacial score (nSPS) is 34.6. The molecule has 1 saturated heterocycles. The maximum Gasteiger partial charge on any atom is 0.338 e. The van der Waals surface area contributed by atoms with Gasteiger partial charge in [0.2, 0.25) is 12.0 Å². The van der Waals surface area contributed by atoms with Crippen molar-refractivity contribution >= 4 is 17.9 Å². The largest absolute Gasteiger partial charge is 0.502 e. The molecule has 1 aromatic carbocycles. The molecule has 0 aromatic heterocycles. The van der Waals surface area contributed by atoms with E-state index >= 15 is 0 Å². The average molecular weight is 629 g/mol. The third-order valence-electron chi connectivity index (χ3n) is 7.97. The summed E-state index contributed by atoms with van der Waals surface area (Å²) in [5.41, 5.74) is -1.67. The van der Waals surface area contributed by atoms with E-state index in [1.54, 1.807) is 0 Å². The number of phenols is 1. The van der Waals surface area contributed by atoms with Gasteiger partial charge >= 0.3 is 17.9 Å². The third-order valence-corrected chi connectivity index (χ3v) is 7.97. The molecule has 1 aliphatic carbocycles. The van der Waals surface area contributed by atoms with Crippen LogP contribution in [0.15, 0.2) is 24.0 Å². The maximum atomic E-state index is 13.4. The number of aliphatic hydroxyl groups excluding tert-OH is 4. The van der Waals surface area contributed by atoms with Crippen LogP contribution in [0.4, 0.5) is 0 Å². The number of phenolic OH excluding ortho intramolecular Hbond substituents is 1. The van der Waals surface area contributed by atoms with E-state index in [1.807, 2.05) is 0 Å². The van der Waals surface area contributed by atoms with Crippen LogP contribution >= 0.6 is 0 Å². The smallest absolute Gasteiger partial charge is 0.338 e. The monoisotopic (exact) mass is 628 g/mol. The van der Waals surface area contributed by atoms with Gasteiger partial charge in [0.1, 0.15) is 36.1 Å². The lowest BCUT2D eigenvalue weighted by Crippen LogP contribution is -2.61. The quantitative estimate of drug-likeness (QED) is 0.165. The lowest BCUT2D eigenvalue weighted by atomic mass is 9.80. The number of rotatable bonds is 9. The summed E-state index contributed by atoms with van der Waals surface area (Å²) in [6.45, 7) is 1.95. The van der Waals surface area contributed by atoms with Crippen LogP contribution in [0.2, 0.25) is 0 Å². The molecular weight excluding hydrogens is 592 g/mol. The van der Waals surface area contributed by atoms with E-state index in [0.717, 1.165) is 20.3 Å². The maximum absolute atomic E-state index is 13.4. The number of fused-ring (bicyclic) bond motifs is 1. The van der Waals surface area contributed by atoms with Crippen LogP contribution in [0.5, 0.6) is 17.2 Å². The van der Waals surface area contributed by atoms with Gasteiger partial charge in [0.15, 0.2) is 17.8 Å². The first kappa shape index (κ1) is 33.2. The Bertz CT molecular complexity index is 1250. The molecule has 4 rings (SSSR count). The van der Waals surface area contributed by atoms with Crippen molar-refractivity contribution in [1.29, 1.82) is 0 Å². The number of hydrogen-bond donors (Lipinski definition) is 5. The Kier molecular flexibility index (Phi) is 9.92. The van der Waals surface area contributed by atoms with Crippen molar-refractivity contribution in [2.75, 3.05) is 27.9 Å². The highest BCUT2D eigenvalue weighted by Crippen LogP contribution is 2.53. The van der Waals surface area contributed by atoms with Crippen molar-refractivity contribution in [3.8, 4) is 17.2 Å². The summed E-state index contributed by atoms with van der Waals surface area (Å²) in [6.07, 6.45) is -9.90. The Morgan fingerprint density at radius 3 is 2.16 bits per heavy atom. The number of esters is 3. The number of carbonyl (C=O) groups excluding carboxylic acids is 3. The molecule has 0 spiro atoms. The summed E-state index contributed by atoms with van der Waals surface area (Å²) < 4.78 is 43.8. The van der Waals surface area contributed by atoms with E-state index in [1.165, 1.54) is 33.3 Å². The van der Waals surface area contributed by atoms with Crippen molar-refractivity contribution < 1.29 is 77.8 Å². The fourth-order valence-corrected chi connectivity index (χ4v) is 5.93. The predicted octanol–water partition coefficient (Wildman–Crippen LogP) is -0.878. The molecule has 2 heterocycles. The number of hydrogen-bond acceptors (Lipinski definition) is 16. The fourth-order valence-electron chi connectivity index (χ4n) is 5.93. The van der Waals surface area contributed by atoms with Crippen LogP contribution in [0, 0.1) is 11.8 Å². The van der Waals surface area contributed by atoms with Crippen LogP contribution in [-0.2, 0) is 38.0 Å². The van der Waals surface area contributed by atoms with Crippen LogP contribution in [-0.4, -0.2) is 120 Å². The number of benzene rings is 1. The van der Waals surface area contributed by atoms with Crippen LogP contribution < -0.4 is 9.47 Å². The first-order chi connectivity index (χ1) is 20.8. The number of ether oxygens (including phenoxy) is 8. The first-order valence-electron chi connectivity index (χ1n) is 13.6. The minimum Gasteiger partial charge on any atom is -0.502 e. The molecule has 2 aliphatic heterocycles. The summed E-state index contributed by atoms with van der Waals surface area (Å²) in [5.74, 6) is -5.11. The van der Waals surface area contributed by atoms with Gasteiger partial charge in [0.05, 0.1) is 51.3 Å². The molecular formula is C28H36O16. The van der Waals surface area contributed by atoms with Crippen molar-refractivity contribution in [2.45, 2.75) is 69.0 Å². The lowest BCUT2D eigenvalue weighted by molar-refractivity contribution is -0.346. The zero-order valence-electron chi connectivity index (χ0n) is 24.6. The Hall–Kier alpha value is -3.67. The molecule has 5 N–H and O–H groups in total. The van der Waals surface area contributed by atoms with Crippen molar-refractivity contribution in [1.82, 2.24) is 0 Å². The molecule has 0 unspecified atom stereocenters. The first-order valence-corrected chi connectivity index (χ1v) is 13.6. The molecule has 10 atom stereocenters. The van der Waals surface area contributed by atoms with Gasteiger partial charge in [0.25, 0.3) is 0 Å². The van der Waals surface area contributed by atoms with Crippen LogP contribution in [0.25, 0.3) is 0 Å². The molecule has 0 radical (unpaired) electrons. The van der Waals surface area contributed by atoms with Gasteiger partial charge in [-0.25, -0.2) is 9.59 Å². The highest BCUT2D eigenvalue weighted by molar-refractivity contribution is 5.92. The molecule has 0 bridgehead atoms. The zero-order valence-corrected chi connectivity index (χ0v) is 24.6. The second kappa shape index (κ2) is 13.1. The topological polar surface area (TPSA) is 226 Å². The predicted molar refractivity (Wildman–Crippen MR) is 142 cm³/mol. The van der Waals surface area contributed by atoms with Crippen molar-refractivity contribution in [3.63, 3.8) is 0 Å². The SMILES string of the molecule is COC(=O)C1=CO[C@@H](O[C@H]2O[C@H](CO)[C@@H](O)[C@H](O)[C@H]2O)[C@H]2[C@@H]1[C@@H](OC(=O)c1cc(OC)c(O)c(OC)c1)C[C@]2(C)OC(C)=O. The van der Waals surface area contributed by atoms with Crippen molar-refractivity contribution in [3.05, 3.63) is 29.5 Å². The number of methoxy groups -OCH3 is 3. The Morgan fingerprint density at radius 2 is 1.61 bits per heavy atom. The second-order valence-corrected chi connectivity index (χ2v) is 10.7. The van der Waals surface area contributed by atoms with Gasteiger partial charge < -0.3 is 63.4 Å². The summed E-state index contributed by atoms with van der Waals surface area (Å²) in [4.78, 5) is 38.6. The third kappa shape index (κ3) is 6.13. The van der Waals surface area contributed by atoms with E-state index in [4.69, 9.17) is 37.9 Å². The minimum atomic E-state index is -1.80. The minimum absolute atomic E-state index is 0.0699. The van der Waals surface area contributed by atoms with E-state index in [0.29, 0.717) is 0 Å². The molecule has 1 aromatic rings. The fraction of sp³-hybridized carbons (Fsp3) is 0.607. The number of aliphatic hydroxyl groups is 4. The van der Waals surface area contributed by atoms with Gasteiger partial charge in [-0.2, -0.15) is 0 Å². The van der Waals surface area contributed by atoms with E-state index in [-0.39, 0.29) is 34.8 Å². The number of aromatic hydroxyl groups is 1. The Morgan fingerprint density at radius 1 is 0.977 bits per heavy atom. The summed E-state index contributed by atoms with van der Waals surface area (Å²) in [6, 6.07) is 2.45. The Balaban J connectivity index is 1.72. The molecule has 3 aliphatic rings. The van der Waals surface area contributed by atoms with E-state index in [2.05, 4.69) is 0 Å². The highest BCUT2D eigenvalue weighted by Gasteiger charge is 2.63. The van der Waals surface area contributed by atoms with Crippen LogP contribution in [0.3, 0.4) is 0 Å². The van der Waals surface area contributed by atoms with Gasteiger partial charge in [-0.3, -0.25) is 4.79 Å². The molecule has 1 saturated carbocycles. The molecule has 244 valence electrons. The molecule has 2 fully saturated rings. The standard InChI is InChI=1S/C28H36O16/c1-11(30)44-28(2)8-16(41-24(35)12-6-14(37-3)20(31)15(7-12)38-4)18-13(25(36)39-5)10-40-26(19(18)28)43-27-23(34)22(33)21(32)17(9-29)42-27/h6-7,10,16-19,21-23,26-27,29,31-34H,8-9H2,1-5H3/t16-,17+,18-,19+,21+,22-,23+,26-,27+,28-/m0/s1. The van der Waals surface area contributed by atoms with E-state index < -0.39 is 85.1 Å². The second-order valence-electron chi connectivity index (χ2n) is 10.7. The van der Waals surface area contributed by atoms with Gasteiger partial charge in [-0.1, -0.05) is 0 Å². The molecule has 16 heteroatoms. The molecule has 0 amide bonds. The van der Waals surface area contributed by atoms with Crippen LogP contribution in [0.1, 0.15) is 30.6 Å². The van der Waals surface area contributed by atoms with Crippen molar-refractivity contribution in [2.24, 2.45) is 11.8 Å². The van der Waals surface area contributed by atoms with Gasteiger partial charge in [-0.05, 0) is 19.1 Å². The zero-order chi connectivity index (χ0) is 32.5. The van der Waals surface area contributed by atoms with Gasteiger partial charge in [-0.15, -0.1) is 0 Å². The number of carbonyl (C=O) groups is 3. The average Bonchev–Trinajstić information content (AvgIpc) is 3.27. The highest BCUT2D eigenvalue weighted by atomic mass is 16.8. The summed E-state index contributed by atoms with van der Waals surface area (Å²) >= 11 is 0. The lowest BCUT2D eigenvalue weighted by Gasteiger charge is -2.44. The molecule has 44 heavy (non-hydrogen) atoms. The summed E-state index contributed by atoms with van der Waals surface area (Å²) in [7, 11) is 3.69. The summed E-state index contributed by atoms with van der Waals surface area (Å²) in [5, 5.41) is 50.8. The Labute approximate surface area is 251 Å².